The minimum atomic E-state index is 0.563. The first-order valence-electron chi connectivity index (χ1n) is 12.2. The summed E-state index contributed by atoms with van der Waals surface area (Å²) < 4.78 is 0. The zero-order chi connectivity index (χ0) is 21.4. The largest absolute Gasteiger partial charge is 0.370 e. The van der Waals surface area contributed by atoms with E-state index < -0.39 is 0 Å². The van der Waals surface area contributed by atoms with Crippen molar-refractivity contribution in [3.8, 4) is 0 Å². The molecule has 2 nitrogen and oxygen atoms in total. The van der Waals surface area contributed by atoms with E-state index in [1.165, 1.54) is 84.5 Å². The van der Waals surface area contributed by atoms with Crippen molar-refractivity contribution in [3.63, 3.8) is 0 Å². The number of aryl methyl sites for hydroxylation is 1. The van der Waals surface area contributed by atoms with Crippen LogP contribution in [-0.2, 0) is 6.42 Å². The van der Waals surface area contributed by atoms with Gasteiger partial charge in [0.2, 0.25) is 0 Å². The molecule has 1 aliphatic carbocycles. The molecule has 32 heavy (non-hydrogen) atoms. The average Bonchev–Trinajstić information content (AvgIpc) is 3.03. The Morgan fingerprint density at radius 3 is 2.19 bits per heavy atom. The van der Waals surface area contributed by atoms with Gasteiger partial charge in [-0.3, -0.25) is 0 Å². The average molecular weight is 421 g/mol. The van der Waals surface area contributed by atoms with Crippen LogP contribution in [0, 0.1) is 5.41 Å². The predicted octanol–water partition coefficient (Wildman–Crippen LogP) is 6.17. The summed E-state index contributed by atoms with van der Waals surface area (Å²) in [6.45, 7) is 4.80. The number of nitrogens with one attached hydrogen (secondary N) is 1. The molecule has 0 saturated carbocycles. The topological polar surface area (TPSA) is 15.3 Å². The van der Waals surface area contributed by atoms with Gasteiger partial charge in [-0.2, -0.15) is 0 Å². The number of benzene rings is 3. The first-order chi connectivity index (χ1) is 15.8. The number of hydrogen-bond acceptors (Lipinski definition) is 2. The van der Waals surface area contributed by atoms with E-state index >= 15 is 0 Å². The highest BCUT2D eigenvalue weighted by Crippen LogP contribution is 2.43. The maximum atomic E-state index is 3.51. The SMILES string of the molecule is c1ccc(C2=C(c3ccc(N4CC5(CCNCC5)C4)cc3)c3ccccc3CCC2)cc1. The number of anilines is 1. The van der Waals surface area contributed by atoms with Crippen molar-refractivity contribution in [2.45, 2.75) is 32.1 Å². The Balaban J connectivity index is 1.36. The molecule has 0 atom stereocenters. The van der Waals surface area contributed by atoms with Gasteiger partial charge in [0.15, 0.2) is 0 Å². The van der Waals surface area contributed by atoms with Gasteiger partial charge in [0, 0.05) is 24.2 Å². The molecular formula is C30H32N2. The summed E-state index contributed by atoms with van der Waals surface area (Å²) in [5.41, 5.74) is 10.4. The fraction of sp³-hybridized carbons (Fsp3) is 0.333. The molecule has 3 aromatic rings. The molecule has 0 amide bonds. The van der Waals surface area contributed by atoms with Crippen LogP contribution in [0.3, 0.4) is 0 Å². The standard InChI is InChI=1S/C30H32N2/c1-2-7-23(8-3-1)28-12-6-10-24-9-4-5-11-27(24)29(28)25-13-15-26(16-14-25)32-21-30(22-32)17-19-31-20-18-30/h1-5,7-9,11,13-16,31H,6,10,12,17-22H2. The fourth-order valence-electron chi connectivity index (χ4n) is 6.04. The molecule has 0 bridgehead atoms. The van der Waals surface area contributed by atoms with E-state index in [1.807, 2.05) is 0 Å². The Morgan fingerprint density at radius 2 is 1.41 bits per heavy atom. The van der Waals surface area contributed by atoms with Crippen LogP contribution in [0.4, 0.5) is 5.69 Å². The normalized spacial score (nSPS) is 19.9. The molecular weight excluding hydrogens is 388 g/mol. The van der Waals surface area contributed by atoms with Crippen LogP contribution in [0.5, 0.6) is 0 Å². The van der Waals surface area contributed by atoms with Crippen LogP contribution in [-0.4, -0.2) is 26.2 Å². The summed E-state index contributed by atoms with van der Waals surface area (Å²) in [6, 6.07) is 29.5. The number of allylic oxidation sites excluding steroid dienone is 1. The lowest BCUT2D eigenvalue weighted by Crippen LogP contribution is -2.60. The number of hydrogen-bond donors (Lipinski definition) is 1. The van der Waals surface area contributed by atoms with Crippen LogP contribution >= 0.6 is 0 Å². The van der Waals surface area contributed by atoms with Gasteiger partial charge in [-0.05, 0) is 90.7 Å². The number of nitrogens with zero attached hydrogens (tertiary/aromatic N) is 1. The molecule has 2 fully saturated rings. The van der Waals surface area contributed by atoms with Crippen LogP contribution in [0.1, 0.15) is 47.9 Å². The third kappa shape index (κ3) is 3.57. The molecule has 6 rings (SSSR count). The molecule has 2 aliphatic heterocycles. The Kier molecular flexibility index (Phi) is 5.11. The lowest BCUT2D eigenvalue weighted by atomic mass is 9.72. The lowest BCUT2D eigenvalue weighted by molar-refractivity contribution is 0.150. The van der Waals surface area contributed by atoms with Crippen molar-refractivity contribution in [2.24, 2.45) is 5.41 Å². The predicted molar refractivity (Wildman–Crippen MR) is 135 cm³/mol. The molecule has 3 aliphatic rings. The Morgan fingerprint density at radius 1 is 0.688 bits per heavy atom. The van der Waals surface area contributed by atoms with E-state index in [1.54, 1.807) is 0 Å². The van der Waals surface area contributed by atoms with Crippen LogP contribution in [0.2, 0.25) is 0 Å². The number of piperidine rings is 1. The molecule has 1 N–H and O–H groups in total. The van der Waals surface area contributed by atoms with Gasteiger partial charge in [-0.15, -0.1) is 0 Å². The second-order valence-corrected chi connectivity index (χ2v) is 9.88. The quantitative estimate of drug-likeness (QED) is 0.545. The Labute approximate surface area is 192 Å². The summed E-state index contributed by atoms with van der Waals surface area (Å²) >= 11 is 0. The van der Waals surface area contributed by atoms with Gasteiger partial charge in [0.1, 0.15) is 0 Å². The Bertz CT molecular complexity index is 1110. The molecule has 3 aromatic carbocycles. The van der Waals surface area contributed by atoms with E-state index in [0.717, 1.165) is 12.8 Å². The summed E-state index contributed by atoms with van der Waals surface area (Å²) in [5.74, 6) is 0. The van der Waals surface area contributed by atoms with Gasteiger partial charge < -0.3 is 10.2 Å². The van der Waals surface area contributed by atoms with Crippen molar-refractivity contribution in [2.75, 3.05) is 31.1 Å². The van der Waals surface area contributed by atoms with Crippen molar-refractivity contribution in [3.05, 3.63) is 101 Å². The van der Waals surface area contributed by atoms with Crippen molar-refractivity contribution in [1.29, 1.82) is 0 Å². The van der Waals surface area contributed by atoms with E-state index in [0.29, 0.717) is 5.41 Å². The zero-order valence-electron chi connectivity index (χ0n) is 18.8. The monoisotopic (exact) mass is 420 g/mol. The second kappa shape index (κ2) is 8.26. The van der Waals surface area contributed by atoms with Gasteiger partial charge in [-0.25, -0.2) is 0 Å². The highest BCUT2D eigenvalue weighted by molar-refractivity contribution is 6.00. The van der Waals surface area contributed by atoms with Crippen LogP contribution < -0.4 is 10.2 Å². The third-order valence-electron chi connectivity index (χ3n) is 7.82. The van der Waals surface area contributed by atoms with Crippen LogP contribution in [0.25, 0.3) is 11.1 Å². The molecule has 2 heterocycles. The molecule has 2 heteroatoms. The zero-order valence-corrected chi connectivity index (χ0v) is 18.8. The second-order valence-electron chi connectivity index (χ2n) is 9.88. The highest BCUT2D eigenvalue weighted by atomic mass is 15.2. The van der Waals surface area contributed by atoms with Crippen molar-refractivity contribution >= 4 is 16.8 Å². The van der Waals surface area contributed by atoms with E-state index in [4.69, 9.17) is 0 Å². The molecule has 0 radical (unpaired) electrons. The minimum absolute atomic E-state index is 0.563. The van der Waals surface area contributed by atoms with Crippen molar-refractivity contribution < 1.29 is 0 Å². The number of rotatable bonds is 3. The highest BCUT2D eigenvalue weighted by Gasteiger charge is 2.43. The first kappa shape index (κ1) is 19.8. The van der Waals surface area contributed by atoms with E-state index in [2.05, 4.69) is 89.1 Å². The van der Waals surface area contributed by atoms with Crippen molar-refractivity contribution in [1.82, 2.24) is 5.32 Å². The lowest BCUT2D eigenvalue weighted by Gasteiger charge is -2.53. The molecule has 1 spiro atoms. The fourth-order valence-corrected chi connectivity index (χ4v) is 6.04. The van der Waals surface area contributed by atoms with Gasteiger partial charge in [0.05, 0.1) is 0 Å². The van der Waals surface area contributed by atoms with E-state index in [-0.39, 0.29) is 0 Å². The maximum absolute atomic E-state index is 3.51. The van der Waals surface area contributed by atoms with E-state index in [9.17, 15) is 0 Å². The summed E-state index contributed by atoms with van der Waals surface area (Å²) in [6.07, 6.45) is 6.13. The smallest absolute Gasteiger partial charge is 0.0367 e. The third-order valence-corrected chi connectivity index (χ3v) is 7.82. The first-order valence-corrected chi connectivity index (χ1v) is 12.2. The summed E-state index contributed by atoms with van der Waals surface area (Å²) in [4.78, 5) is 2.57. The minimum Gasteiger partial charge on any atom is -0.370 e. The van der Waals surface area contributed by atoms with Gasteiger partial charge in [-0.1, -0.05) is 66.7 Å². The summed E-state index contributed by atoms with van der Waals surface area (Å²) in [7, 11) is 0. The molecule has 0 unspecified atom stereocenters. The maximum Gasteiger partial charge on any atom is 0.0367 e. The summed E-state index contributed by atoms with van der Waals surface area (Å²) in [5, 5.41) is 3.51. The molecule has 0 aromatic heterocycles. The van der Waals surface area contributed by atoms with Crippen LogP contribution in [0.15, 0.2) is 78.9 Å². The number of fused-ring (bicyclic) bond motifs is 1. The Hall–Kier alpha value is -2.84. The van der Waals surface area contributed by atoms with Gasteiger partial charge >= 0.3 is 0 Å². The van der Waals surface area contributed by atoms with Gasteiger partial charge in [0.25, 0.3) is 0 Å². The molecule has 162 valence electrons. The molecule has 2 saturated heterocycles.